The highest BCUT2D eigenvalue weighted by Gasteiger charge is 2.28. The summed E-state index contributed by atoms with van der Waals surface area (Å²) in [5, 5.41) is 11.8. The van der Waals surface area contributed by atoms with Gasteiger partial charge in [0.05, 0.1) is 5.41 Å². The molecule has 6 heteroatoms. The summed E-state index contributed by atoms with van der Waals surface area (Å²) in [6, 6.07) is -0.189. The van der Waals surface area contributed by atoms with Crippen molar-refractivity contribution in [1.29, 1.82) is 0 Å². The van der Waals surface area contributed by atoms with Gasteiger partial charge in [0.1, 0.15) is 0 Å². The van der Waals surface area contributed by atoms with E-state index in [2.05, 4.69) is 24.1 Å². The number of carboxylic acid groups (broad SMARTS) is 1. The van der Waals surface area contributed by atoms with Gasteiger partial charge >= 0.3 is 12.0 Å². The number of carbonyl (C=O) groups excluding carboxylic acids is 1. The number of urea groups is 1. The standard InChI is InChI=1S/C15H31N3O3/c1-6-17(7-2)10-9-11-18(8-3)14(21)16-12-15(4,5)13(19)20/h6-12H2,1-5H3,(H,16,21)(H,19,20). The first kappa shape index (κ1) is 19.7. The lowest BCUT2D eigenvalue weighted by atomic mass is 9.94. The van der Waals surface area contributed by atoms with Crippen LogP contribution in [0.5, 0.6) is 0 Å². The lowest BCUT2D eigenvalue weighted by Crippen LogP contribution is -2.46. The molecule has 2 amide bonds. The molecule has 0 aromatic rings. The fourth-order valence-electron chi connectivity index (χ4n) is 1.91. The lowest BCUT2D eigenvalue weighted by Gasteiger charge is -2.26. The third kappa shape index (κ3) is 7.32. The Morgan fingerprint density at radius 3 is 2.05 bits per heavy atom. The molecule has 0 aromatic carbocycles. The Morgan fingerprint density at radius 2 is 1.62 bits per heavy atom. The Morgan fingerprint density at radius 1 is 1.05 bits per heavy atom. The summed E-state index contributed by atoms with van der Waals surface area (Å²) in [7, 11) is 0. The highest BCUT2D eigenvalue weighted by molar-refractivity contribution is 5.77. The molecule has 0 saturated carbocycles. The van der Waals surface area contributed by atoms with E-state index < -0.39 is 11.4 Å². The molecule has 0 fully saturated rings. The molecule has 0 heterocycles. The van der Waals surface area contributed by atoms with Crippen LogP contribution >= 0.6 is 0 Å². The average Bonchev–Trinajstić information content (AvgIpc) is 2.45. The van der Waals surface area contributed by atoms with Crippen molar-refractivity contribution in [2.75, 3.05) is 39.3 Å². The van der Waals surface area contributed by atoms with Crippen LogP contribution in [0.15, 0.2) is 0 Å². The molecule has 0 rings (SSSR count). The van der Waals surface area contributed by atoms with Gasteiger partial charge in [0.2, 0.25) is 0 Å². The molecular formula is C15H31N3O3. The van der Waals surface area contributed by atoms with Gasteiger partial charge in [-0.15, -0.1) is 0 Å². The zero-order chi connectivity index (χ0) is 16.5. The minimum Gasteiger partial charge on any atom is -0.481 e. The van der Waals surface area contributed by atoms with Gasteiger partial charge < -0.3 is 20.2 Å². The highest BCUT2D eigenvalue weighted by atomic mass is 16.4. The molecule has 0 atom stereocenters. The van der Waals surface area contributed by atoms with Gasteiger partial charge in [-0.25, -0.2) is 4.79 Å². The van der Waals surface area contributed by atoms with Gasteiger partial charge in [-0.1, -0.05) is 13.8 Å². The number of amides is 2. The van der Waals surface area contributed by atoms with Gasteiger partial charge in [0, 0.05) is 19.6 Å². The van der Waals surface area contributed by atoms with Gasteiger partial charge in [0.15, 0.2) is 0 Å². The summed E-state index contributed by atoms with van der Waals surface area (Å²) >= 11 is 0. The molecule has 21 heavy (non-hydrogen) atoms. The van der Waals surface area contributed by atoms with Crippen molar-refractivity contribution >= 4 is 12.0 Å². The van der Waals surface area contributed by atoms with Crippen molar-refractivity contribution < 1.29 is 14.7 Å². The van der Waals surface area contributed by atoms with Crippen LogP contribution in [0, 0.1) is 5.41 Å². The second-order valence-electron chi connectivity index (χ2n) is 5.81. The fourth-order valence-corrected chi connectivity index (χ4v) is 1.91. The third-order valence-corrected chi connectivity index (χ3v) is 3.73. The van der Waals surface area contributed by atoms with Crippen molar-refractivity contribution in [3.8, 4) is 0 Å². The van der Waals surface area contributed by atoms with E-state index in [1.165, 1.54) is 0 Å². The van der Waals surface area contributed by atoms with E-state index in [1.54, 1.807) is 18.7 Å². The summed E-state index contributed by atoms with van der Waals surface area (Å²) < 4.78 is 0. The molecule has 0 aliphatic heterocycles. The summed E-state index contributed by atoms with van der Waals surface area (Å²) in [5.74, 6) is -0.910. The second-order valence-corrected chi connectivity index (χ2v) is 5.81. The number of hydrogen-bond acceptors (Lipinski definition) is 3. The van der Waals surface area contributed by atoms with E-state index >= 15 is 0 Å². The molecule has 0 radical (unpaired) electrons. The van der Waals surface area contributed by atoms with Crippen LogP contribution in [0.4, 0.5) is 4.79 Å². The first-order valence-electron chi connectivity index (χ1n) is 7.77. The zero-order valence-electron chi connectivity index (χ0n) is 14.1. The van der Waals surface area contributed by atoms with Crippen molar-refractivity contribution in [2.45, 2.75) is 41.0 Å². The molecular weight excluding hydrogens is 270 g/mol. The Hall–Kier alpha value is -1.30. The average molecular weight is 301 g/mol. The second kappa shape index (κ2) is 9.60. The smallest absolute Gasteiger partial charge is 0.317 e. The van der Waals surface area contributed by atoms with Crippen LogP contribution < -0.4 is 5.32 Å². The van der Waals surface area contributed by atoms with Crippen LogP contribution in [0.3, 0.4) is 0 Å². The van der Waals surface area contributed by atoms with E-state index in [0.29, 0.717) is 13.1 Å². The number of nitrogens with one attached hydrogen (secondary N) is 1. The van der Waals surface area contributed by atoms with Crippen molar-refractivity contribution in [3.05, 3.63) is 0 Å². The summed E-state index contributed by atoms with van der Waals surface area (Å²) in [5.41, 5.74) is -0.948. The topological polar surface area (TPSA) is 72.9 Å². The third-order valence-electron chi connectivity index (χ3n) is 3.73. The maximum atomic E-state index is 12.1. The Bertz CT molecular complexity index is 328. The summed E-state index contributed by atoms with van der Waals surface area (Å²) in [6.07, 6.45) is 0.922. The quantitative estimate of drug-likeness (QED) is 0.646. The SMILES string of the molecule is CCN(CC)CCCN(CC)C(=O)NCC(C)(C)C(=O)O. The zero-order valence-corrected chi connectivity index (χ0v) is 14.1. The van der Waals surface area contributed by atoms with Gasteiger partial charge in [0.25, 0.3) is 0 Å². The van der Waals surface area contributed by atoms with Gasteiger partial charge in [-0.3, -0.25) is 4.79 Å². The molecule has 2 N–H and O–H groups in total. The van der Waals surface area contributed by atoms with E-state index in [0.717, 1.165) is 26.1 Å². The number of hydrogen-bond donors (Lipinski definition) is 2. The molecule has 6 nitrogen and oxygen atoms in total. The van der Waals surface area contributed by atoms with Crippen molar-refractivity contribution in [3.63, 3.8) is 0 Å². The van der Waals surface area contributed by atoms with Crippen LogP contribution in [-0.2, 0) is 4.79 Å². The number of rotatable bonds is 10. The minimum atomic E-state index is -0.948. The Kier molecular flexibility index (Phi) is 9.01. The van der Waals surface area contributed by atoms with Gasteiger partial charge in [-0.05, 0) is 46.8 Å². The minimum absolute atomic E-state index is 0.133. The van der Waals surface area contributed by atoms with E-state index in [1.807, 2.05) is 6.92 Å². The predicted molar refractivity (Wildman–Crippen MR) is 84.5 cm³/mol. The molecule has 0 bridgehead atoms. The van der Waals surface area contributed by atoms with E-state index in [9.17, 15) is 9.59 Å². The predicted octanol–water partition coefficient (Wildman–Crippen LogP) is 1.86. The maximum Gasteiger partial charge on any atom is 0.317 e. The van der Waals surface area contributed by atoms with Crippen LogP contribution in [-0.4, -0.2) is 66.2 Å². The molecule has 0 aromatic heterocycles. The first-order valence-corrected chi connectivity index (χ1v) is 7.77. The fraction of sp³-hybridized carbons (Fsp3) is 0.867. The van der Waals surface area contributed by atoms with Crippen LogP contribution in [0.1, 0.15) is 41.0 Å². The number of carbonyl (C=O) groups is 2. The normalized spacial score (nSPS) is 11.5. The number of nitrogens with zero attached hydrogens (tertiary/aromatic N) is 2. The van der Waals surface area contributed by atoms with Crippen molar-refractivity contribution in [2.24, 2.45) is 5.41 Å². The van der Waals surface area contributed by atoms with E-state index in [4.69, 9.17) is 5.11 Å². The van der Waals surface area contributed by atoms with Crippen LogP contribution in [0.2, 0.25) is 0 Å². The van der Waals surface area contributed by atoms with E-state index in [-0.39, 0.29) is 12.6 Å². The molecule has 0 unspecified atom stereocenters. The lowest BCUT2D eigenvalue weighted by molar-refractivity contribution is -0.146. The van der Waals surface area contributed by atoms with Crippen LogP contribution in [0.25, 0.3) is 0 Å². The maximum absolute atomic E-state index is 12.1. The van der Waals surface area contributed by atoms with Gasteiger partial charge in [-0.2, -0.15) is 0 Å². The molecule has 0 saturated heterocycles. The first-order chi connectivity index (χ1) is 9.78. The molecule has 0 aliphatic rings. The molecule has 0 spiro atoms. The largest absolute Gasteiger partial charge is 0.481 e. The summed E-state index contributed by atoms with van der Waals surface area (Å²) in [6.45, 7) is 13.8. The number of aliphatic carboxylic acids is 1. The molecule has 124 valence electrons. The highest BCUT2D eigenvalue weighted by Crippen LogP contribution is 2.13. The Labute approximate surface area is 128 Å². The summed E-state index contributed by atoms with van der Waals surface area (Å²) in [4.78, 5) is 27.1. The number of carboxylic acids is 1. The van der Waals surface area contributed by atoms with Crippen molar-refractivity contribution in [1.82, 2.24) is 15.1 Å². The molecule has 0 aliphatic carbocycles. The monoisotopic (exact) mass is 301 g/mol. The Balaban J connectivity index is 4.22.